The summed E-state index contributed by atoms with van der Waals surface area (Å²) in [6.45, 7) is 0.687. The summed E-state index contributed by atoms with van der Waals surface area (Å²) >= 11 is 6.21. The maximum absolute atomic E-state index is 13.5. The van der Waals surface area contributed by atoms with Gasteiger partial charge in [0.2, 0.25) is 0 Å². The molecule has 0 aliphatic rings. The van der Waals surface area contributed by atoms with Crippen molar-refractivity contribution in [1.82, 2.24) is 23.7 Å². The summed E-state index contributed by atoms with van der Waals surface area (Å²) in [4.78, 5) is 21.8. The quantitative estimate of drug-likeness (QED) is 0.329. The molecule has 5 rings (SSSR count). The Bertz CT molecular complexity index is 1450. The molecule has 162 valence electrons. The molecule has 0 radical (unpaired) electrons. The number of halogens is 2. The van der Waals surface area contributed by atoms with Crippen LogP contribution in [-0.2, 0) is 13.1 Å². The molecule has 1 aromatic carbocycles. The first-order valence-corrected chi connectivity index (χ1v) is 10.8. The van der Waals surface area contributed by atoms with E-state index in [1.807, 2.05) is 36.4 Å². The lowest BCUT2D eigenvalue weighted by Gasteiger charge is -2.11. The van der Waals surface area contributed by atoms with Crippen molar-refractivity contribution in [2.45, 2.75) is 25.9 Å². The average molecular weight is 450 g/mol. The first-order valence-electron chi connectivity index (χ1n) is 10.5. The predicted octanol–water partition coefficient (Wildman–Crippen LogP) is 4.99. The highest BCUT2D eigenvalue weighted by molar-refractivity contribution is 6.31. The zero-order valence-electron chi connectivity index (χ0n) is 17.3. The van der Waals surface area contributed by atoms with Crippen molar-refractivity contribution in [3.63, 3.8) is 0 Å². The van der Waals surface area contributed by atoms with Crippen LogP contribution in [0.5, 0.6) is 0 Å². The lowest BCUT2D eigenvalue weighted by atomic mass is 10.2. The zero-order valence-corrected chi connectivity index (χ0v) is 18.0. The van der Waals surface area contributed by atoms with Crippen LogP contribution in [0.2, 0.25) is 5.02 Å². The van der Waals surface area contributed by atoms with E-state index in [1.165, 1.54) is 0 Å². The normalized spacial score (nSPS) is 11.6. The third kappa shape index (κ3) is 3.58. The molecule has 0 fully saturated rings. The smallest absolute Gasteiger partial charge is 0.334 e. The molecule has 0 saturated carbocycles. The molecule has 0 N–H and O–H groups in total. The molecule has 0 amide bonds. The van der Waals surface area contributed by atoms with E-state index in [2.05, 4.69) is 20.6 Å². The van der Waals surface area contributed by atoms with E-state index >= 15 is 0 Å². The number of rotatable bonds is 7. The second kappa shape index (κ2) is 8.59. The average Bonchev–Trinajstić information content (AvgIpc) is 3.29. The summed E-state index contributed by atoms with van der Waals surface area (Å²) in [7, 11) is 0. The Hall–Kier alpha value is -3.45. The number of alkyl halides is 1. The molecular weight excluding hydrogens is 429 g/mol. The Morgan fingerprint density at radius 3 is 2.50 bits per heavy atom. The van der Waals surface area contributed by atoms with E-state index in [0.29, 0.717) is 31.0 Å². The third-order valence-electron chi connectivity index (χ3n) is 5.69. The fourth-order valence-electron chi connectivity index (χ4n) is 4.22. The number of aryl methyl sites for hydroxylation is 1. The lowest BCUT2D eigenvalue weighted by Crippen LogP contribution is -2.24. The standard InChI is InChI=1S/C24H21ClFN5O/c25-18-3-4-21-17(13-18)14-20(29(21)12-2-1-8-26)16-30-23-15-28-11-7-22(23)31(24(30)32)19-5-9-27-10-6-19/h3-7,9-11,13-15H,1-2,8,12,16H2. The van der Waals surface area contributed by atoms with Gasteiger partial charge >= 0.3 is 5.69 Å². The largest absolute Gasteiger partial charge is 0.343 e. The van der Waals surface area contributed by atoms with E-state index in [1.54, 1.807) is 33.9 Å². The van der Waals surface area contributed by atoms with E-state index in [0.717, 1.165) is 33.3 Å². The second-order valence-electron chi connectivity index (χ2n) is 7.66. The summed E-state index contributed by atoms with van der Waals surface area (Å²) < 4.78 is 18.3. The van der Waals surface area contributed by atoms with Crippen LogP contribution in [0.15, 0.2) is 72.0 Å². The highest BCUT2D eigenvalue weighted by Gasteiger charge is 2.17. The number of pyridine rings is 2. The van der Waals surface area contributed by atoms with Gasteiger partial charge in [0.1, 0.15) is 0 Å². The van der Waals surface area contributed by atoms with Crippen LogP contribution in [0.1, 0.15) is 18.5 Å². The Labute approximate surface area is 188 Å². The van der Waals surface area contributed by atoms with Gasteiger partial charge in [-0.1, -0.05) is 11.6 Å². The Balaban J connectivity index is 1.66. The van der Waals surface area contributed by atoms with Gasteiger partial charge in [0, 0.05) is 46.8 Å². The SMILES string of the molecule is O=c1n(Cc2cc3cc(Cl)ccc3n2CCCCF)c2cnccc2n1-c1ccncc1. The molecule has 0 saturated heterocycles. The van der Waals surface area contributed by atoms with Gasteiger partial charge in [-0.25, -0.2) is 4.79 Å². The van der Waals surface area contributed by atoms with Crippen LogP contribution in [0.25, 0.3) is 27.6 Å². The first kappa shape index (κ1) is 20.5. The van der Waals surface area contributed by atoms with Gasteiger partial charge in [-0.15, -0.1) is 0 Å². The van der Waals surface area contributed by atoms with Gasteiger partial charge in [-0.3, -0.25) is 23.5 Å². The van der Waals surface area contributed by atoms with Gasteiger partial charge in [0.05, 0.1) is 36.1 Å². The van der Waals surface area contributed by atoms with Crippen LogP contribution in [0.4, 0.5) is 4.39 Å². The molecule has 4 heterocycles. The molecule has 0 bridgehead atoms. The summed E-state index contributed by atoms with van der Waals surface area (Å²) in [5.74, 6) is 0. The van der Waals surface area contributed by atoms with E-state index in [9.17, 15) is 9.18 Å². The maximum atomic E-state index is 13.5. The van der Waals surface area contributed by atoms with Crippen LogP contribution in [-0.4, -0.2) is 30.3 Å². The monoisotopic (exact) mass is 449 g/mol. The third-order valence-corrected chi connectivity index (χ3v) is 5.92. The van der Waals surface area contributed by atoms with Gasteiger partial charge in [0.25, 0.3) is 0 Å². The molecule has 0 unspecified atom stereocenters. The molecule has 6 nitrogen and oxygen atoms in total. The molecule has 0 aliphatic heterocycles. The van der Waals surface area contributed by atoms with Gasteiger partial charge in [0.15, 0.2) is 0 Å². The molecule has 32 heavy (non-hydrogen) atoms. The number of aromatic nitrogens is 5. The van der Waals surface area contributed by atoms with Crippen LogP contribution < -0.4 is 5.69 Å². The molecule has 0 atom stereocenters. The molecule has 4 aromatic heterocycles. The molecule has 0 spiro atoms. The lowest BCUT2D eigenvalue weighted by molar-refractivity contribution is 0.447. The fourth-order valence-corrected chi connectivity index (χ4v) is 4.40. The van der Waals surface area contributed by atoms with Crippen molar-refractivity contribution < 1.29 is 4.39 Å². The Kier molecular flexibility index (Phi) is 5.49. The fraction of sp³-hybridized carbons (Fsp3) is 0.208. The summed E-state index contributed by atoms with van der Waals surface area (Å²) in [5, 5.41) is 1.65. The summed E-state index contributed by atoms with van der Waals surface area (Å²) in [6, 6.07) is 13.2. The van der Waals surface area contributed by atoms with Gasteiger partial charge in [-0.2, -0.15) is 0 Å². The minimum atomic E-state index is -0.342. The summed E-state index contributed by atoms with van der Waals surface area (Å²) in [6.07, 6.45) is 7.93. The van der Waals surface area contributed by atoms with Crippen molar-refractivity contribution in [2.24, 2.45) is 0 Å². The zero-order chi connectivity index (χ0) is 22.1. The van der Waals surface area contributed by atoms with Gasteiger partial charge < -0.3 is 4.57 Å². The van der Waals surface area contributed by atoms with Gasteiger partial charge in [-0.05, 0) is 55.3 Å². The van der Waals surface area contributed by atoms with Crippen LogP contribution >= 0.6 is 11.6 Å². The topological polar surface area (TPSA) is 57.6 Å². The van der Waals surface area contributed by atoms with Crippen molar-refractivity contribution >= 4 is 33.5 Å². The number of benzene rings is 1. The minimum absolute atomic E-state index is 0.155. The second-order valence-corrected chi connectivity index (χ2v) is 8.10. The van der Waals surface area contributed by atoms with E-state index < -0.39 is 0 Å². The van der Waals surface area contributed by atoms with Crippen molar-refractivity contribution in [1.29, 1.82) is 0 Å². The molecular formula is C24H21ClFN5O. The van der Waals surface area contributed by atoms with Crippen molar-refractivity contribution in [3.05, 3.63) is 88.5 Å². The summed E-state index contributed by atoms with van der Waals surface area (Å²) in [5.41, 5.74) is 4.09. The molecule has 5 aromatic rings. The number of hydrogen-bond donors (Lipinski definition) is 0. The van der Waals surface area contributed by atoms with E-state index in [4.69, 9.17) is 11.6 Å². The number of imidazole rings is 1. The predicted molar refractivity (Wildman–Crippen MR) is 124 cm³/mol. The van der Waals surface area contributed by atoms with Crippen LogP contribution in [0.3, 0.4) is 0 Å². The van der Waals surface area contributed by atoms with Crippen molar-refractivity contribution in [2.75, 3.05) is 6.67 Å². The Morgan fingerprint density at radius 1 is 0.875 bits per heavy atom. The number of unbranched alkanes of at least 4 members (excludes halogenated alkanes) is 1. The van der Waals surface area contributed by atoms with Crippen molar-refractivity contribution in [3.8, 4) is 5.69 Å². The maximum Gasteiger partial charge on any atom is 0.334 e. The van der Waals surface area contributed by atoms with Crippen LogP contribution in [0, 0.1) is 0 Å². The highest BCUT2D eigenvalue weighted by Crippen LogP contribution is 2.26. The minimum Gasteiger partial charge on any atom is -0.343 e. The molecule has 8 heteroatoms. The Morgan fingerprint density at radius 2 is 1.69 bits per heavy atom. The highest BCUT2D eigenvalue weighted by atomic mass is 35.5. The number of nitrogens with zero attached hydrogens (tertiary/aromatic N) is 5. The number of hydrogen-bond acceptors (Lipinski definition) is 3. The molecule has 0 aliphatic carbocycles. The number of fused-ring (bicyclic) bond motifs is 2. The first-order chi connectivity index (χ1) is 15.7. The van der Waals surface area contributed by atoms with E-state index in [-0.39, 0.29) is 12.4 Å².